The predicted molar refractivity (Wildman–Crippen MR) is 73.1 cm³/mol. The van der Waals surface area contributed by atoms with E-state index in [0.29, 0.717) is 18.0 Å². The smallest absolute Gasteiger partial charge is 0.248 e. The minimum atomic E-state index is -0.430. The van der Waals surface area contributed by atoms with Gasteiger partial charge in [0, 0.05) is 18.3 Å². The van der Waals surface area contributed by atoms with Crippen LogP contribution in [-0.4, -0.2) is 18.0 Å². The highest BCUT2D eigenvalue weighted by molar-refractivity contribution is 5.92. The number of nitrogens with two attached hydrogens (primary N) is 1. The maximum atomic E-state index is 11.1. The summed E-state index contributed by atoms with van der Waals surface area (Å²) in [7, 11) is 1.57. The molecular formula is C14H15N3O2. The van der Waals surface area contributed by atoms with E-state index in [1.165, 1.54) is 0 Å². The molecule has 0 radical (unpaired) electrons. The van der Waals surface area contributed by atoms with Crippen LogP contribution in [0.1, 0.15) is 15.9 Å². The van der Waals surface area contributed by atoms with Crippen LogP contribution in [-0.2, 0) is 6.54 Å². The van der Waals surface area contributed by atoms with Crippen molar-refractivity contribution >= 4 is 11.6 Å². The number of benzene rings is 1. The maximum absolute atomic E-state index is 11.1. The number of amides is 1. The number of carbonyl (C=O) groups is 1. The molecular weight excluding hydrogens is 242 g/mol. The number of hydrogen-bond acceptors (Lipinski definition) is 4. The lowest BCUT2D eigenvalue weighted by Crippen LogP contribution is -2.11. The molecule has 0 aliphatic heterocycles. The van der Waals surface area contributed by atoms with Gasteiger partial charge in [0.25, 0.3) is 0 Å². The van der Waals surface area contributed by atoms with Crippen molar-refractivity contribution in [2.24, 2.45) is 5.73 Å². The summed E-state index contributed by atoms with van der Waals surface area (Å²) in [6.07, 6.45) is 1.66. The number of anilines is 1. The second-order valence-electron chi connectivity index (χ2n) is 3.98. The molecule has 19 heavy (non-hydrogen) atoms. The number of methoxy groups -OCH3 is 1. The molecule has 1 amide bonds. The molecule has 0 saturated heterocycles. The third kappa shape index (κ3) is 3.22. The number of aromatic nitrogens is 1. The molecule has 5 heteroatoms. The van der Waals surface area contributed by atoms with Crippen molar-refractivity contribution in [3.63, 3.8) is 0 Å². The summed E-state index contributed by atoms with van der Waals surface area (Å²) in [6, 6.07) is 10.9. The van der Waals surface area contributed by atoms with Crippen LogP contribution in [0.4, 0.5) is 5.69 Å². The molecule has 0 spiro atoms. The van der Waals surface area contributed by atoms with Gasteiger partial charge in [-0.25, -0.2) is 4.98 Å². The molecule has 0 aliphatic rings. The average Bonchev–Trinajstić information content (AvgIpc) is 2.45. The van der Waals surface area contributed by atoms with E-state index in [1.54, 1.807) is 31.5 Å². The Balaban J connectivity index is 2.10. The molecule has 5 nitrogen and oxygen atoms in total. The minimum Gasteiger partial charge on any atom is -0.480 e. The monoisotopic (exact) mass is 257 g/mol. The van der Waals surface area contributed by atoms with E-state index in [-0.39, 0.29) is 0 Å². The predicted octanol–water partition coefficient (Wildman–Crippen LogP) is 1.80. The Bertz CT molecular complexity index is 584. The van der Waals surface area contributed by atoms with Crippen LogP contribution >= 0.6 is 0 Å². The molecule has 0 aliphatic carbocycles. The zero-order chi connectivity index (χ0) is 13.7. The van der Waals surface area contributed by atoms with E-state index < -0.39 is 5.91 Å². The van der Waals surface area contributed by atoms with E-state index in [2.05, 4.69) is 10.3 Å². The Morgan fingerprint density at radius 1 is 1.37 bits per heavy atom. The van der Waals surface area contributed by atoms with Crippen molar-refractivity contribution in [1.82, 2.24) is 4.98 Å². The number of nitrogens with one attached hydrogen (secondary N) is 1. The lowest BCUT2D eigenvalue weighted by Gasteiger charge is -2.10. The van der Waals surface area contributed by atoms with Gasteiger partial charge in [-0.15, -0.1) is 0 Å². The molecule has 1 aromatic heterocycles. The Kier molecular flexibility index (Phi) is 3.97. The topological polar surface area (TPSA) is 77.2 Å². The fourth-order valence-corrected chi connectivity index (χ4v) is 1.72. The van der Waals surface area contributed by atoms with Crippen molar-refractivity contribution < 1.29 is 9.53 Å². The number of nitrogens with zero attached hydrogens (tertiary/aromatic N) is 1. The van der Waals surface area contributed by atoms with Crippen molar-refractivity contribution in [2.45, 2.75) is 6.54 Å². The molecule has 0 atom stereocenters. The lowest BCUT2D eigenvalue weighted by molar-refractivity contribution is 0.1000. The van der Waals surface area contributed by atoms with Crippen molar-refractivity contribution in [3.05, 3.63) is 53.7 Å². The highest BCUT2D eigenvalue weighted by atomic mass is 16.5. The first-order valence-electron chi connectivity index (χ1n) is 5.82. The van der Waals surface area contributed by atoms with Crippen molar-refractivity contribution in [2.75, 3.05) is 12.4 Å². The summed E-state index contributed by atoms with van der Waals surface area (Å²) in [5.41, 5.74) is 7.50. The van der Waals surface area contributed by atoms with Crippen LogP contribution in [0, 0.1) is 0 Å². The molecule has 2 rings (SSSR count). The molecule has 0 unspecified atom stereocenters. The summed E-state index contributed by atoms with van der Waals surface area (Å²) in [4.78, 5) is 15.2. The maximum Gasteiger partial charge on any atom is 0.248 e. The zero-order valence-electron chi connectivity index (χ0n) is 10.6. The molecule has 98 valence electrons. The highest BCUT2D eigenvalue weighted by Gasteiger charge is 2.04. The number of ether oxygens (including phenoxy) is 1. The first kappa shape index (κ1) is 12.9. The van der Waals surface area contributed by atoms with Crippen LogP contribution in [0.3, 0.4) is 0 Å². The Hall–Kier alpha value is -2.56. The van der Waals surface area contributed by atoms with E-state index in [9.17, 15) is 4.79 Å². The van der Waals surface area contributed by atoms with E-state index >= 15 is 0 Å². The standard InChI is InChI=1S/C14H15N3O2/c1-19-14-12(6-3-7-16-14)17-9-10-4-2-5-11(8-10)13(15)18/h2-8,17H,9H2,1H3,(H2,15,18). The normalized spacial score (nSPS) is 9.95. The number of rotatable bonds is 5. The molecule has 1 aromatic carbocycles. The van der Waals surface area contributed by atoms with E-state index in [4.69, 9.17) is 10.5 Å². The first-order valence-corrected chi connectivity index (χ1v) is 5.82. The third-order valence-corrected chi connectivity index (χ3v) is 2.66. The van der Waals surface area contributed by atoms with Gasteiger partial charge in [-0.1, -0.05) is 12.1 Å². The molecule has 1 heterocycles. The van der Waals surface area contributed by atoms with Crippen molar-refractivity contribution in [3.8, 4) is 5.88 Å². The number of primary amides is 1. The van der Waals surface area contributed by atoms with Gasteiger partial charge < -0.3 is 15.8 Å². The summed E-state index contributed by atoms with van der Waals surface area (Å²) in [6.45, 7) is 0.559. The molecule has 0 fully saturated rings. The SMILES string of the molecule is COc1ncccc1NCc1cccc(C(N)=O)c1. The van der Waals surface area contributed by atoms with Crippen LogP contribution in [0.2, 0.25) is 0 Å². The fourth-order valence-electron chi connectivity index (χ4n) is 1.72. The van der Waals surface area contributed by atoms with E-state index in [1.807, 2.05) is 18.2 Å². The van der Waals surface area contributed by atoms with Gasteiger partial charge in [-0.05, 0) is 29.8 Å². The van der Waals surface area contributed by atoms with Crippen molar-refractivity contribution in [1.29, 1.82) is 0 Å². The van der Waals surface area contributed by atoms with Gasteiger partial charge in [0.2, 0.25) is 11.8 Å². The second kappa shape index (κ2) is 5.86. The number of pyridine rings is 1. The summed E-state index contributed by atoms with van der Waals surface area (Å²) < 4.78 is 5.15. The summed E-state index contributed by atoms with van der Waals surface area (Å²) >= 11 is 0. The van der Waals surface area contributed by atoms with Gasteiger partial charge in [0.15, 0.2) is 0 Å². The van der Waals surface area contributed by atoms with Crippen LogP contribution in [0.5, 0.6) is 5.88 Å². The molecule has 0 saturated carbocycles. The Labute approximate surface area is 111 Å². The van der Waals surface area contributed by atoms with Gasteiger partial charge >= 0.3 is 0 Å². The molecule has 0 bridgehead atoms. The zero-order valence-corrected chi connectivity index (χ0v) is 10.6. The molecule has 3 N–H and O–H groups in total. The highest BCUT2D eigenvalue weighted by Crippen LogP contribution is 2.20. The quantitative estimate of drug-likeness (QED) is 0.856. The summed E-state index contributed by atoms with van der Waals surface area (Å²) in [5.74, 6) is 0.106. The van der Waals surface area contributed by atoms with Crippen LogP contribution in [0.25, 0.3) is 0 Å². The van der Waals surface area contributed by atoms with Gasteiger partial charge in [0.1, 0.15) is 0 Å². The number of hydrogen-bond donors (Lipinski definition) is 2. The first-order chi connectivity index (χ1) is 9.20. The average molecular weight is 257 g/mol. The Morgan fingerprint density at radius 3 is 2.95 bits per heavy atom. The number of carbonyl (C=O) groups excluding carboxylic acids is 1. The van der Waals surface area contributed by atoms with Gasteiger partial charge in [0.05, 0.1) is 12.8 Å². The van der Waals surface area contributed by atoms with E-state index in [0.717, 1.165) is 11.3 Å². The summed E-state index contributed by atoms with van der Waals surface area (Å²) in [5, 5.41) is 3.21. The fraction of sp³-hybridized carbons (Fsp3) is 0.143. The molecule has 2 aromatic rings. The second-order valence-corrected chi connectivity index (χ2v) is 3.98. The Morgan fingerprint density at radius 2 is 2.21 bits per heavy atom. The largest absolute Gasteiger partial charge is 0.480 e. The lowest BCUT2D eigenvalue weighted by atomic mass is 10.1. The van der Waals surface area contributed by atoms with Gasteiger partial charge in [-0.2, -0.15) is 0 Å². The van der Waals surface area contributed by atoms with Crippen LogP contribution in [0.15, 0.2) is 42.6 Å². The van der Waals surface area contributed by atoms with Gasteiger partial charge in [-0.3, -0.25) is 4.79 Å². The third-order valence-electron chi connectivity index (χ3n) is 2.66. The van der Waals surface area contributed by atoms with Crippen LogP contribution < -0.4 is 15.8 Å². The minimum absolute atomic E-state index is 0.430.